The van der Waals surface area contributed by atoms with Gasteiger partial charge < -0.3 is 5.32 Å². The number of sulfone groups is 1. The Morgan fingerprint density at radius 2 is 1.81 bits per heavy atom. The highest BCUT2D eigenvalue weighted by Crippen LogP contribution is 2.20. The van der Waals surface area contributed by atoms with E-state index in [4.69, 9.17) is 0 Å². The summed E-state index contributed by atoms with van der Waals surface area (Å²) in [6, 6.07) is 17.2. The first-order valence-corrected chi connectivity index (χ1v) is 11.5. The molecule has 1 aliphatic heterocycles. The maximum Gasteiger partial charge on any atom is 0.151 e. The molecule has 27 heavy (non-hydrogen) atoms. The molecular formula is C22H30N2O2S. The summed E-state index contributed by atoms with van der Waals surface area (Å²) in [4.78, 5) is 2.33. The summed E-state index contributed by atoms with van der Waals surface area (Å²) >= 11 is 0. The SMILES string of the molecule is Cc1ccc(CNCCN(Cc2cccc(C)c2)[C@H]2CCS(=O)(=O)C2)cc1. The van der Waals surface area contributed by atoms with E-state index in [1.807, 2.05) is 0 Å². The van der Waals surface area contributed by atoms with Crippen LogP contribution in [0.25, 0.3) is 0 Å². The van der Waals surface area contributed by atoms with Crippen LogP contribution in [0.15, 0.2) is 48.5 Å². The van der Waals surface area contributed by atoms with E-state index < -0.39 is 9.84 Å². The van der Waals surface area contributed by atoms with Crippen molar-refractivity contribution >= 4 is 9.84 Å². The average Bonchev–Trinajstić information content (AvgIpc) is 2.99. The van der Waals surface area contributed by atoms with Crippen molar-refractivity contribution in [1.29, 1.82) is 0 Å². The van der Waals surface area contributed by atoms with Gasteiger partial charge in [0.2, 0.25) is 0 Å². The Kier molecular flexibility index (Phi) is 6.68. The smallest absolute Gasteiger partial charge is 0.151 e. The quantitative estimate of drug-likeness (QED) is 0.709. The van der Waals surface area contributed by atoms with E-state index in [1.54, 1.807) is 0 Å². The third-order valence-corrected chi connectivity index (χ3v) is 6.97. The standard InChI is InChI=1S/C22H30N2O2S/c1-18-6-8-20(9-7-18)15-23-11-12-24(22-10-13-27(25,26)17-22)16-21-5-3-4-19(2)14-21/h3-9,14,22-23H,10-13,15-17H2,1-2H3/t22-/m0/s1. The maximum absolute atomic E-state index is 12.0. The van der Waals surface area contributed by atoms with Crippen LogP contribution in [-0.2, 0) is 22.9 Å². The van der Waals surface area contributed by atoms with Crippen molar-refractivity contribution in [1.82, 2.24) is 10.2 Å². The molecule has 146 valence electrons. The van der Waals surface area contributed by atoms with E-state index in [-0.39, 0.29) is 11.8 Å². The Morgan fingerprint density at radius 3 is 2.48 bits per heavy atom. The van der Waals surface area contributed by atoms with Crippen LogP contribution < -0.4 is 5.32 Å². The molecule has 0 unspecified atom stereocenters. The minimum atomic E-state index is -2.88. The van der Waals surface area contributed by atoms with Crippen molar-refractivity contribution < 1.29 is 8.42 Å². The summed E-state index contributed by atoms with van der Waals surface area (Å²) in [5, 5.41) is 3.50. The lowest BCUT2D eigenvalue weighted by Gasteiger charge is -2.28. The topological polar surface area (TPSA) is 49.4 Å². The number of hydrogen-bond donors (Lipinski definition) is 1. The van der Waals surface area contributed by atoms with Crippen molar-refractivity contribution in [3.05, 3.63) is 70.8 Å². The first-order chi connectivity index (χ1) is 12.9. The Morgan fingerprint density at radius 1 is 1.04 bits per heavy atom. The van der Waals surface area contributed by atoms with Gasteiger partial charge in [0.05, 0.1) is 11.5 Å². The Bertz CT molecular complexity index is 847. The molecule has 0 radical (unpaired) electrons. The minimum absolute atomic E-state index is 0.122. The van der Waals surface area contributed by atoms with Crippen molar-refractivity contribution in [2.45, 2.75) is 39.4 Å². The van der Waals surface area contributed by atoms with Crippen LogP contribution in [0.2, 0.25) is 0 Å². The van der Waals surface area contributed by atoms with E-state index >= 15 is 0 Å². The number of benzene rings is 2. The lowest BCUT2D eigenvalue weighted by molar-refractivity contribution is 0.203. The zero-order valence-electron chi connectivity index (χ0n) is 16.3. The molecule has 3 rings (SSSR count). The van der Waals surface area contributed by atoms with Crippen LogP contribution in [0.4, 0.5) is 0 Å². The van der Waals surface area contributed by atoms with Gasteiger partial charge in [0.25, 0.3) is 0 Å². The van der Waals surface area contributed by atoms with Crippen molar-refractivity contribution in [3.8, 4) is 0 Å². The van der Waals surface area contributed by atoms with Gasteiger partial charge in [-0.15, -0.1) is 0 Å². The highest BCUT2D eigenvalue weighted by molar-refractivity contribution is 7.91. The fourth-order valence-electron chi connectivity index (χ4n) is 3.66. The normalized spacial score (nSPS) is 18.9. The Hall–Kier alpha value is -1.69. The molecular weight excluding hydrogens is 356 g/mol. The van der Waals surface area contributed by atoms with Gasteiger partial charge in [0.15, 0.2) is 9.84 Å². The van der Waals surface area contributed by atoms with E-state index in [0.29, 0.717) is 5.75 Å². The summed E-state index contributed by atoms with van der Waals surface area (Å²) < 4.78 is 23.9. The highest BCUT2D eigenvalue weighted by atomic mass is 32.2. The largest absolute Gasteiger partial charge is 0.311 e. The number of rotatable bonds is 8. The molecule has 2 aromatic rings. The van der Waals surface area contributed by atoms with Gasteiger partial charge in [-0.05, 0) is 31.4 Å². The van der Waals surface area contributed by atoms with Gasteiger partial charge in [-0.2, -0.15) is 0 Å². The molecule has 0 aromatic heterocycles. The zero-order valence-corrected chi connectivity index (χ0v) is 17.1. The fourth-order valence-corrected chi connectivity index (χ4v) is 5.42. The molecule has 5 heteroatoms. The summed E-state index contributed by atoms with van der Waals surface area (Å²) in [5.41, 5.74) is 5.03. The van der Waals surface area contributed by atoms with E-state index in [1.165, 1.54) is 22.3 Å². The van der Waals surface area contributed by atoms with Crippen LogP contribution in [0.5, 0.6) is 0 Å². The maximum atomic E-state index is 12.0. The monoisotopic (exact) mass is 386 g/mol. The Balaban J connectivity index is 1.58. The van der Waals surface area contributed by atoms with Crippen LogP contribution in [0, 0.1) is 13.8 Å². The molecule has 0 amide bonds. The minimum Gasteiger partial charge on any atom is -0.311 e. The predicted molar refractivity (Wildman–Crippen MR) is 112 cm³/mol. The molecule has 1 atom stereocenters. The van der Waals surface area contributed by atoms with Gasteiger partial charge in [0.1, 0.15) is 0 Å². The van der Waals surface area contributed by atoms with Gasteiger partial charge >= 0.3 is 0 Å². The lowest BCUT2D eigenvalue weighted by Crippen LogP contribution is -2.40. The number of nitrogens with zero attached hydrogens (tertiary/aromatic N) is 1. The second-order valence-electron chi connectivity index (χ2n) is 7.68. The second-order valence-corrected chi connectivity index (χ2v) is 9.91. The number of hydrogen-bond acceptors (Lipinski definition) is 4. The molecule has 1 fully saturated rings. The molecule has 1 N–H and O–H groups in total. The van der Waals surface area contributed by atoms with Gasteiger partial charge in [0, 0.05) is 32.2 Å². The van der Waals surface area contributed by atoms with Crippen molar-refractivity contribution in [2.75, 3.05) is 24.6 Å². The van der Waals surface area contributed by atoms with Gasteiger partial charge in [-0.25, -0.2) is 8.42 Å². The first-order valence-electron chi connectivity index (χ1n) is 9.67. The fraction of sp³-hybridized carbons (Fsp3) is 0.455. The van der Waals surface area contributed by atoms with E-state index in [2.05, 4.69) is 72.6 Å². The van der Waals surface area contributed by atoms with Crippen LogP contribution in [-0.4, -0.2) is 44.0 Å². The number of nitrogens with one attached hydrogen (secondary N) is 1. The first kappa shape index (κ1) is 20.1. The number of aryl methyl sites for hydroxylation is 2. The summed E-state index contributed by atoms with van der Waals surface area (Å²) in [5.74, 6) is 0.607. The average molecular weight is 387 g/mol. The summed E-state index contributed by atoms with van der Waals surface area (Å²) in [6.45, 7) is 7.51. The molecule has 1 heterocycles. The molecule has 2 aromatic carbocycles. The molecule has 0 spiro atoms. The third kappa shape index (κ3) is 6.16. The summed E-state index contributed by atoms with van der Waals surface area (Å²) in [7, 11) is -2.88. The molecule has 1 saturated heterocycles. The zero-order chi connectivity index (χ0) is 19.3. The van der Waals surface area contributed by atoms with Gasteiger partial charge in [-0.3, -0.25) is 4.90 Å². The van der Waals surface area contributed by atoms with Crippen LogP contribution >= 0.6 is 0 Å². The predicted octanol–water partition coefficient (Wildman–Crippen LogP) is 3.08. The summed E-state index contributed by atoms with van der Waals surface area (Å²) in [6.07, 6.45) is 0.742. The molecule has 0 aliphatic carbocycles. The lowest BCUT2D eigenvalue weighted by atomic mass is 10.1. The molecule has 1 aliphatic rings. The van der Waals surface area contributed by atoms with Crippen LogP contribution in [0.3, 0.4) is 0 Å². The second kappa shape index (κ2) is 9.00. The Labute approximate surface area is 163 Å². The van der Waals surface area contributed by atoms with Crippen molar-refractivity contribution in [2.24, 2.45) is 0 Å². The molecule has 0 saturated carbocycles. The van der Waals surface area contributed by atoms with Crippen molar-refractivity contribution in [3.63, 3.8) is 0 Å². The van der Waals surface area contributed by atoms with E-state index in [0.717, 1.165) is 32.6 Å². The van der Waals surface area contributed by atoms with Crippen LogP contribution in [0.1, 0.15) is 28.7 Å². The highest BCUT2D eigenvalue weighted by Gasteiger charge is 2.32. The van der Waals surface area contributed by atoms with E-state index in [9.17, 15) is 8.42 Å². The molecule has 0 bridgehead atoms. The third-order valence-electron chi connectivity index (χ3n) is 5.22. The van der Waals surface area contributed by atoms with Gasteiger partial charge in [-0.1, -0.05) is 59.7 Å². The molecule has 4 nitrogen and oxygen atoms in total.